The molecular formula is C10H11F3N4O3. The lowest BCUT2D eigenvalue weighted by Gasteiger charge is -2.20. The first-order valence-corrected chi connectivity index (χ1v) is 5.34. The molecule has 0 aliphatic rings. The molecule has 0 aliphatic heterocycles. The van der Waals surface area contributed by atoms with Crippen molar-refractivity contribution in [2.45, 2.75) is 6.18 Å². The first-order valence-electron chi connectivity index (χ1n) is 5.34. The Bertz CT molecular complexity index is 467. The second-order valence-corrected chi connectivity index (χ2v) is 3.77. The molecule has 0 bridgehead atoms. The van der Waals surface area contributed by atoms with Crippen molar-refractivity contribution in [3.05, 3.63) is 18.5 Å². The molecule has 0 radical (unpaired) electrons. The summed E-state index contributed by atoms with van der Waals surface area (Å²) in [6, 6.07) is 1.50. The van der Waals surface area contributed by atoms with Crippen LogP contribution in [0.5, 0.6) is 0 Å². The molecule has 10 heteroatoms. The summed E-state index contributed by atoms with van der Waals surface area (Å²) in [5.41, 5.74) is 0. The van der Waals surface area contributed by atoms with Gasteiger partial charge in [0.05, 0.1) is 19.6 Å². The Kier molecular flexibility index (Phi) is 5.38. The smallest absolute Gasteiger partial charge is 0.401 e. The van der Waals surface area contributed by atoms with Gasteiger partial charge in [0.2, 0.25) is 11.9 Å². The maximum Gasteiger partial charge on any atom is 0.401 e. The van der Waals surface area contributed by atoms with Crippen LogP contribution in [0, 0.1) is 0 Å². The van der Waals surface area contributed by atoms with Gasteiger partial charge in [0.15, 0.2) is 0 Å². The molecular weight excluding hydrogens is 281 g/mol. The summed E-state index contributed by atoms with van der Waals surface area (Å²) in [5, 5.41) is 10.7. The summed E-state index contributed by atoms with van der Waals surface area (Å²) < 4.78 is 36.7. The van der Waals surface area contributed by atoms with E-state index in [0.717, 1.165) is 0 Å². The van der Waals surface area contributed by atoms with Crippen molar-refractivity contribution in [2.75, 3.05) is 25.0 Å². The quantitative estimate of drug-likeness (QED) is 0.786. The van der Waals surface area contributed by atoms with Crippen LogP contribution in [0.25, 0.3) is 0 Å². The lowest BCUT2D eigenvalue weighted by atomic mass is 10.4. The Morgan fingerprint density at radius 1 is 1.25 bits per heavy atom. The SMILES string of the molecule is O=C(O)CN(CC(=O)Nc1ncccn1)CC(F)(F)F. The predicted molar refractivity (Wildman–Crippen MR) is 60.8 cm³/mol. The molecule has 1 aromatic heterocycles. The third-order valence-corrected chi connectivity index (χ3v) is 1.95. The summed E-state index contributed by atoms with van der Waals surface area (Å²) in [4.78, 5) is 29.7. The van der Waals surface area contributed by atoms with E-state index in [0.29, 0.717) is 4.90 Å². The number of carboxylic acid groups (broad SMARTS) is 1. The van der Waals surface area contributed by atoms with Gasteiger partial charge in [-0.05, 0) is 6.07 Å². The van der Waals surface area contributed by atoms with Crippen molar-refractivity contribution >= 4 is 17.8 Å². The monoisotopic (exact) mass is 292 g/mol. The van der Waals surface area contributed by atoms with E-state index in [-0.39, 0.29) is 5.95 Å². The van der Waals surface area contributed by atoms with Crippen LogP contribution in [0.2, 0.25) is 0 Å². The molecule has 20 heavy (non-hydrogen) atoms. The van der Waals surface area contributed by atoms with Crippen molar-refractivity contribution in [3.63, 3.8) is 0 Å². The highest BCUT2D eigenvalue weighted by molar-refractivity contribution is 5.90. The van der Waals surface area contributed by atoms with Crippen LogP contribution in [0.15, 0.2) is 18.5 Å². The molecule has 0 atom stereocenters. The Morgan fingerprint density at radius 2 is 1.85 bits per heavy atom. The molecule has 0 aliphatic carbocycles. The molecule has 1 amide bonds. The molecule has 0 spiro atoms. The van der Waals surface area contributed by atoms with Crippen LogP contribution in [-0.4, -0.2) is 57.7 Å². The van der Waals surface area contributed by atoms with Gasteiger partial charge < -0.3 is 5.11 Å². The molecule has 1 rings (SSSR count). The highest BCUT2D eigenvalue weighted by Gasteiger charge is 2.32. The number of aromatic nitrogens is 2. The number of carbonyl (C=O) groups excluding carboxylic acids is 1. The van der Waals surface area contributed by atoms with E-state index in [4.69, 9.17) is 5.11 Å². The van der Waals surface area contributed by atoms with E-state index in [1.54, 1.807) is 0 Å². The molecule has 1 aromatic rings. The van der Waals surface area contributed by atoms with Crippen LogP contribution < -0.4 is 5.32 Å². The van der Waals surface area contributed by atoms with Gasteiger partial charge in [-0.15, -0.1) is 0 Å². The molecule has 0 unspecified atom stereocenters. The largest absolute Gasteiger partial charge is 0.480 e. The summed E-state index contributed by atoms with van der Waals surface area (Å²) in [6.45, 7) is -3.13. The molecule has 0 fully saturated rings. The second kappa shape index (κ2) is 6.80. The molecule has 1 heterocycles. The standard InChI is InChI=1S/C10H11F3N4O3/c11-10(12,13)6-17(5-8(19)20)4-7(18)16-9-14-2-1-3-15-9/h1-3H,4-6H2,(H,19,20)(H,14,15,16,18). The zero-order chi connectivity index (χ0) is 15.2. The van der Waals surface area contributed by atoms with Crippen molar-refractivity contribution < 1.29 is 27.9 Å². The van der Waals surface area contributed by atoms with Gasteiger partial charge in [-0.2, -0.15) is 13.2 Å². The summed E-state index contributed by atoms with van der Waals surface area (Å²) in [6.07, 6.45) is -1.92. The van der Waals surface area contributed by atoms with E-state index in [9.17, 15) is 22.8 Å². The number of hydrogen-bond donors (Lipinski definition) is 2. The van der Waals surface area contributed by atoms with Crippen LogP contribution in [0.3, 0.4) is 0 Å². The van der Waals surface area contributed by atoms with E-state index < -0.39 is 37.7 Å². The van der Waals surface area contributed by atoms with Crippen LogP contribution in [0.4, 0.5) is 19.1 Å². The van der Waals surface area contributed by atoms with Gasteiger partial charge in [-0.1, -0.05) is 0 Å². The zero-order valence-corrected chi connectivity index (χ0v) is 10.1. The van der Waals surface area contributed by atoms with Crippen molar-refractivity contribution in [2.24, 2.45) is 0 Å². The number of anilines is 1. The first-order chi connectivity index (χ1) is 9.26. The minimum Gasteiger partial charge on any atom is -0.480 e. The number of aliphatic carboxylic acids is 1. The molecule has 110 valence electrons. The highest BCUT2D eigenvalue weighted by Crippen LogP contribution is 2.16. The molecule has 0 saturated heterocycles. The third kappa shape index (κ3) is 6.64. The molecule has 0 saturated carbocycles. The normalized spacial score (nSPS) is 11.4. The van der Waals surface area contributed by atoms with E-state index in [1.807, 2.05) is 0 Å². The Balaban J connectivity index is 2.59. The van der Waals surface area contributed by atoms with Crippen molar-refractivity contribution in [3.8, 4) is 0 Å². The maximum absolute atomic E-state index is 12.2. The lowest BCUT2D eigenvalue weighted by Crippen LogP contribution is -2.42. The number of rotatable bonds is 6. The summed E-state index contributed by atoms with van der Waals surface area (Å²) >= 11 is 0. The molecule has 7 nitrogen and oxygen atoms in total. The number of amides is 1. The Morgan fingerprint density at radius 3 is 2.35 bits per heavy atom. The number of hydrogen-bond acceptors (Lipinski definition) is 5. The topological polar surface area (TPSA) is 95.4 Å². The van der Waals surface area contributed by atoms with Gasteiger partial charge in [-0.3, -0.25) is 19.8 Å². The van der Waals surface area contributed by atoms with Gasteiger partial charge in [0.1, 0.15) is 0 Å². The van der Waals surface area contributed by atoms with E-state index in [1.165, 1.54) is 18.5 Å². The highest BCUT2D eigenvalue weighted by atomic mass is 19.4. The summed E-state index contributed by atoms with van der Waals surface area (Å²) in [5.74, 6) is -2.36. The second-order valence-electron chi connectivity index (χ2n) is 3.77. The fourth-order valence-corrected chi connectivity index (χ4v) is 1.34. The van der Waals surface area contributed by atoms with E-state index in [2.05, 4.69) is 15.3 Å². The minimum absolute atomic E-state index is 0.0696. The lowest BCUT2D eigenvalue weighted by molar-refractivity contribution is -0.154. The van der Waals surface area contributed by atoms with E-state index >= 15 is 0 Å². The van der Waals surface area contributed by atoms with Gasteiger partial charge >= 0.3 is 12.1 Å². The van der Waals surface area contributed by atoms with Gasteiger partial charge in [-0.25, -0.2) is 9.97 Å². The van der Waals surface area contributed by atoms with Crippen molar-refractivity contribution in [1.29, 1.82) is 0 Å². The van der Waals surface area contributed by atoms with Crippen LogP contribution in [0.1, 0.15) is 0 Å². The van der Waals surface area contributed by atoms with Gasteiger partial charge in [0.25, 0.3) is 0 Å². The van der Waals surface area contributed by atoms with Crippen LogP contribution >= 0.6 is 0 Å². The van der Waals surface area contributed by atoms with Crippen molar-refractivity contribution in [1.82, 2.24) is 14.9 Å². The fourth-order valence-electron chi connectivity index (χ4n) is 1.34. The van der Waals surface area contributed by atoms with Gasteiger partial charge in [0, 0.05) is 12.4 Å². The number of nitrogens with zero attached hydrogens (tertiary/aromatic N) is 3. The zero-order valence-electron chi connectivity index (χ0n) is 10.1. The average molecular weight is 292 g/mol. The fraction of sp³-hybridized carbons (Fsp3) is 0.400. The molecule has 0 aromatic carbocycles. The Labute approximate surface area is 111 Å². The number of carbonyl (C=O) groups is 2. The third-order valence-electron chi connectivity index (χ3n) is 1.95. The first kappa shape index (κ1) is 15.8. The average Bonchev–Trinajstić information content (AvgIpc) is 2.26. The predicted octanol–water partition coefficient (Wildman–Crippen LogP) is 0.364. The number of halogens is 3. The molecule has 2 N–H and O–H groups in total. The van der Waals surface area contributed by atoms with Crippen LogP contribution in [-0.2, 0) is 9.59 Å². The number of nitrogens with one attached hydrogen (secondary N) is 1. The number of carboxylic acids is 1. The Hall–Kier alpha value is -2.23. The maximum atomic E-state index is 12.2. The summed E-state index contributed by atoms with van der Waals surface area (Å²) in [7, 11) is 0. The minimum atomic E-state index is -4.60. The number of alkyl halides is 3.